The number of hydrogen-bond donors (Lipinski definition) is 1. The molecule has 0 saturated carbocycles. The summed E-state index contributed by atoms with van der Waals surface area (Å²) in [5.74, 6) is 0.644. The van der Waals surface area contributed by atoms with Gasteiger partial charge in [-0.25, -0.2) is 0 Å². The average molecular weight is 310 g/mol. The zero-order valence-corrected chi connectivity index (χ0v) is 13.6. The Morgan fingerprint density at radius 2 is 2.26 bits per heavy atom. The number of carbonyl (C=O) groups is 1. The minimum absolute atomic E-state index is 0.112. The van der Waals surface area contributed by atoms with Gasteiger partial charge in [0.25, 0.3) is 0 Å². The van der Waals surface area contributed by atoms with Gasteiger partial charge < -0.3 is 10.2 Å². The molecule has 2 unspecified atom stereocenters. The standard InChI is InChI=1S/C18H22N4O/c1-12-4-3-5-16-15(12)8-17(20-16)18(23)22-7-6-13(11-22)14-9-19-21(2)10-14/h3-5,9-10,13,17,20H,6-8,11H2,1-2H3. The van der Waals surface area contributed by atoms with Crippen LogP contribution in [0.4, 0.5) is 5.69 Å². The van der Waals surface area contributed by atoms with Crippen LogP contribution in [0.15, 0.2) is 30.6 Å². The summed E-state index contributed by atoms with van der Waals surface area (Å²) in [6, 6.07) is 6.11. The average Bonchev–Trinajstić information content (AvgIpc) is 3.25. The zero-order valence-electron chi connectivity index (χ0n) is 13.6. The number of hydrogen-bond acceptors (Lipinski definition) is 3. The van der Waals surface area contributed by atoms with Gasteiger partial charge in [-0.3, -0.25) is 9.48 Å². The van der Waals surface area contributed by atoms with Crippen LogP contribution in [0.25, 0.3) is 0 Å². The Kier molecular flexibility index (Phi) is 3.36. The Morgan fingerprint density at radius 1 is 1.39 bits per heavy atom. The molecule has 5 nitrogen and oxygen atoms in total. The Morgan fingerprint density at radius 3 is 3.00 bits per heavy atom. The van der Waals surface area contributed by atoms with Gasteiger partial charge in [-0.05, 0) is 36.1 Å². The Hall–Kier alpha value is -2.30. The highest BCUT2D eigenvalue weighted by atomic mass is 16.2. The summed E-state index contributed by atoms with van der Waals surface area (Å²) in [5.41, 5.74) is 4.90. The van der Waals surface area contributed by atoms with Gasteiger partial charge in [-0.15, -0.1) is 0 Å². The molecule has 4 rings (SSSR count). The second-order valence-electron chi connectivity index (χ2n) is 6.72. The molecule has 2 aromatic rings. The molecule has 1 saturated heterocycles. The smallest absolute Gasteiger partial charge is 0.245 e. The predicted molar refractivity (Wildman–Crippen MR) is 89.4 cm³/mol. The van der Waals surface area contributed by atoms with Crippen LogP contribution in [0, 0.1) is 6.92 Å². The van der Waals surface area contributed by atoms with Crippen molar-refractivity contribution in [1.82, 2.24) is 14.7 Å². The van der Waals surface area contributed by atoms with E-state index in [4.69, 9.17) is 0 Å². The molecule has 1 aromatic heterocycles. The lowest BCUT2D eigenvalue weighted by atomic mass is 10.0. The fourth-order valence-corrected chi connectivity index (χ4v) is 3.80. The third-order valence-corrected chi connectivity index (χ3v) is 5.14. The molecule has 0 spiro atoms. The molecule has 1 amide bonds. The van der Waals surface area contributed by atoms with E-state index in [1.165, 1.54) is 16.7 Å². The van der Waals surface area contributed by atoms with Crippen molar-refractivity contribution in [3.63, 3.8) is 0 Å². The van der Waals surface area contributed by atoms with Crippen LogP contribution in [0.1, 0.15) is 29.0 Å². The van der Waals surface area contributed by atoms with Gasteiger partial charge in [0.2, 0.25) is 5.91 Å². The topological polar surface area (TPSA) is 50.2 Å². The zero-order chi connectivity index (χ0) is 16.0. The first-order valence-corrected chi connectivity index (χ1v) is 8.24. The Balaban J connectivity index is 1.44. The van der Waals surface area contributed by atoms with Crippen molar-refractivity contribution in [3.05, 3.63) is 47.3 Å². The maximum atomic E-state index is 12.9. The van der Waals surface area contributed by atoms with Crippen LogP contribution in [0.3, 0.4) is 0 Å². The van der Waals surface area contributed by atoms with E-state index in [-0.39, 0.29) is 11.9 Å². The Labute approximate surface area is 136 Å². The fraction of sp³-hybridized carbons (Fsp3) is 0.444. The van der Waals surface area contributed by atoms with Crippen LogP contribution in [-0.4, -0.2) is 39.7 Å². The summed E-state index contributed by atoms with van der Waals surface area (Å²) >= 11 is 0. The van der Waals surface area contributed by atoms with Crippen molar-refractivity contribution in [2.75, 3.05) is 18.4 Å². The minimum atomic E-state index is -0.112. The number of likely N-dealkylation sites (tertiary alicyclic amines) is 1. The van der Waals surface area contributed by atoms with Crippen molar-refractivity contribution < 1.29 is 4.79 Å². The van der Waals surface area contributed by atoms with Crippen molar-refractivity contribution in [2.45, 2.75) is 31.7 Å². The quantitative estimate of drug-likeness (QED) is 0.924. The van der Waals surface area contributed by atoms with Gasteiger partial charge >= 0.3 is 0 Å². The first kappa shape index (κ1) is 14.3. The summed E-state index contributed by atoms with van der Waals surface area (Å²) in [5, 5.41) is 7.65. The van der Waals surface area contributed by atoms with E-state index in [1.807, 2.05) is 28.9 Å². The van der Waals surface area contributed by atoms with E-state index in [0.29, 0.717) is 5.92 Å². The second-order valence-corrected chi connectivity index (χ2v) is 6.72. The molecular weight excluding hydrogens is 288 g/mol. The fourth-order valence-electron chi connectivity index (χ4n) is 3.80. The van der Waals surface area contributed by atoms with E-state index < -0.39 is 0 Å². The van der Waals surface area contributed by atoms with Gasteiger partial charge in [0.1, 0.15) is 6.04 Å². The van der Waals surface area contributed by atoms with Crippen LogP contribution in [-0.2, 0) is 18.3 Å². The normalized spacial score (nSPS) is 23.0. The lowest BCUT2D eigenvalue weighted by molar-refractivity contribution is -0.130. The summed E-state index contributed by atoms with van der Waals surface area (Å²) in [6.07, 6.45) is 5.81. The van der Waals surface area contributed by atoms with Crippen LogP contribution >= 0.6 is 0 Å². The number of carbonyl (C=O) groups excluding carboxylic acids is 1. The van der Waals surface area contributed by atoms with E-state index in [9.17, 15) is 4.79 Å². The number of benzene rings is 1. The summed E-state index contributed by atoms with van der Waals surface area (Å²) in [6.45, 7) is 3.76. The molecule has 2 atom stereocenters. The number of fused-ring (bicyclic) bond motifs is 1. The predicted octanol–water partition coefficient (Wildman–Crippen LogP) is 2.08. The van der Waals surface area contributed by atoms with E-state index in [2.05, 4.69) is 35.7 Å². The summed E-state index contributed by atoms with van der Waals surface area (Å²) in [4.78, 5) is 14.9. The van der Waals surface area contributed by atoms with Crippen molar-refractivity contribution in [1.29, 1.82) is 0 Å². The largest absolute Gasteiger partial charge is 0.373 e. The maximum absolute atomic E-state index is 12.9. The first-order chi connectivity index (χ1) is 11.1. The number of amides is 1. The minimum Gasteiger partial charge on any atom is -0.373 e. The van der Waals surface area contributed by atoms with Gasteiger partial charge in [-0.1, -0.05) is 12.1 Å². The van der Waals surface area contributed by atoms with Crippen LogP contribution in [0.2, 0.25) is 0 Å². The summed E-state index contributed by atoms with van der Waals surface area (Å²) in [7, 11) is 1.93. The molecule has 0 bridgehead atoms. The number of anilines is 1. The molecule has 1 fully saturated rings. The lowest BCUT2D eigenvalue weighted by Crippen LogP contribution is -2.40. The molecule has 2 aliphatic rings. The van der Waals surface area contributed by atoms with E-state index in [1.54, 1.807) is 0 Å². The molecule has 3 heterocycles. The van der Waals surface area contributed by atoms with Gasteiger partial charge in [0, 0.05) is 44.4 Å². The molecule has 2 aliphatic heterocycles. The van der Waals surface area contributed by atoms with Gasteiger partial charge in [-0.2, -0.15) is 5.10 Å². The molecule has 23 heavy (non-hydrogen) atoms. The number of aryl methyl sites for hydroxylation is 2. The molecular formula is C18H22N4O. The van der Waals surface area contributed by atoms with Crippen molar-refractivity contribution in [2.24, 2.45) is 7.05 Å². The molecule has 1 N–H and O–H groups in total. The van der Waals surface area contributed by atoms with Gasteiger partial charge in [0.05, 0.1) is 6.20 Å². The highest BCUT2D eigenvalue weighted by Crippen LogP contribution is 2.32. The molecule has 5 heteroatoms. The molecule has 0 radical (unpaired) electrons. The number of rotatable bonds is 2. The number of aromatic nitrogens is 2. The highest BCUT2D eigenvalue weighted by molar-refractivity contribution is 5.88. The summed E-state index contributed by atoms with van der Waals surface area (Å²) < 4.78 is 1.83. The number of nitrogens with one attached hydrogen (secondary N) is 1. The van der Waals surface area contributed by atoms with Crippen LogP contribution in [0.5, 0.6) is 0 Å². The lowest BCUT2D eigenvalue weighted by Gasteiger charge is -2.21. The SMILES string of the molecule is Cc1cccc2c1CC(C(=O)N1CCC(c3cnn(C)c3)C1)N2. The van der Waals surface area contributed by atoms with E-state index in [0.717, 1.165) is 31.6 Å². The van der Waals surface area contributed by atoms with Crippen molar-refractivity contribution in [3.8, 4) is 0 Å². The molecule has 1 aromatic carbocycles. The maximum Gasteiger partial charge on any atom is 0.245 e. The van der Waals surface area contributed by atoms with E-state index >= 15 is 0 Å². The van der Waals surface area contributed by atoms with Crippen molar-refractivity contribution >= 4 is 11.6 Å². The monoisotopic (exact) mass is 310 g/mol. The number of nitrogens with zero attached hydrogens (tertiary/aromatic N) is 3. The second kappa shape index (κ2) is 5.41. The van der Waals surface area contributed by atoms with Gasteiger partial charge in [0.15, 0.2) is 0 Å². The highest BCUT2D eigenvalue weighted by Gasteiger charge is 2.35. The third-order valence-electron chi connectivity index (χ3n) is 5.14. The molecule has 0 aliphatic carbocycles. The van der Waals surface area contributed by atoms with Crippen LogP contribution < -0.4 is 5.32 Å². The Bertz CT molecular complexity index is 751. The third kappa shape index (κ3) is 2.50. The first-order valence-electron chi connectivity index (χ1n) is 8.24. The molecule has 120 valence electrons.